The molecule has 0 fully saturated rings. The van der Waals surface area contributed by atoms with Gasteiger partial charge in [-0.2, -0.15) is 0 Å². The second-order valence-electron chi connectivity index (χ2n) is 4.54. The van der Waals surface area contributed by atoms with Crippen molar-refractivity contribution < 1.29 is 13.9 Å². The number of methoxy groups -OCH3 is 2. The zero-order chi connectivity index (χ0) is 14.8. The number of benzene rings is 2. The van der Waals surface area contributed by atoms with Crippen LogP contribution >= 0.6 is 0 Å². The normalized spacial score (nSPS) is 10.6. The average Bonchev–Trinajstić information content (AvgIpc) is 2.54. The molecule has 4 heteroatoms. The summed E-state index contributed by atoms with van der Waals surface area (Å²) in [5, 5.41) is 0.451. The molecule has 0 bridgehead atoms. The molecule has 0 radical (unpaired) electrons. The van der Waals surface area contributed by atoms with Crippen LogP contribution in [0, 0.1) is 0 Å². The van der Waals surface area contributed by atoms with Crippen molar-refractivity contribution in [3.63, 3.8) is 0 Å². The number of rotatable bonds is 3. The first-order valence-electron chi connectivity index (χ1n) is 6.48. The van der Waals surface area contributed by atoms with Gasteiger partial charge < -0.3 is 13.9 Å². The van der Waals surface area contributed by atoms with Gasteiger partial charge in [0.05, 0.1) is 14.2 Å². The second kappa shape index (κ2) is 5.32. The number of fused-ring (bicyclic) bond motifs is 1. The van der Waals surface area contributed by atoms with Crippen molar-refractivity contribution in [2.24, 2.45) is 0 Å². The fraction of sp³-hybridized carbons (Fsp3) is 0.118. The van der Waals surface area contributed by atoms with Gasteiger partial charge in [-0.3, -0.25) is 4.79 Å². The van der Waals surface area contributed by atoms with Gasteiger partial charge in [-0.25, -0.2) is 0 Å². The zero-order valence-electron chi connectivity index (χ0n) is 11.8. The Morgan fingerprint density at radius 2 is 1.76 bits per heavy atom. The predicted octanol–water partition coefficient (Wildman–Crippen LogP) is 3.48. The van der Waals surface area contributed by atoms with E-state index >= 15 is 0 Å². The molecule has 0 aliphatic heterocycles. The first-order chi connectivity index (χ1) is 10.2. The Morgan fingerprint density at radius 1 is 0.952 bits per heavy atom. The Kier molecular flexibility index (Phi) is 3.36. The molecule has 3 aromatic rings. The van der Waals surface area contributed by atoms with E-state index in [1.807, 2.05) is 24.3 Å². The molecule has 2 aromatic carbocycles. The van der Waals surface area contributed by atoms with Crippen LogP contribution in [-0.2, 0) is 0 Å². The molecule has 0 unspecified atom stereocenters. The molecule has 0 amide bonds. The Labute approximate surface area is 121 Å². The van der Waals surface area contributed by atoms with Gasteiger partial charge in [0.2, 0.25) is 0 Å². The summed E-state index contributed by atoms with van der Waals surface area (Å²) in [6.07, 6.45) is 0. The summed E-state index contributed by atoms with van der Waals surface area (Å²) in [7, 11) is 3.13. The molecule has 0 atom stereocenters. The van der Waals surface area contributed by atoms with Gasteiger partial charge in [-0.15, -0.1) is 0 Å². The Morgan fingerprint density at radius 3 is 2.52 bits per heavy atom. The van der Waals surface area contributed by atoms with Crippen molar-refractivity contribution in [1.82, 2.24) is 0 Å². The third kappa shape index (κ3) is 2.36. The number of hydrogen-bond acceptors (Lipinski definition) is 4. The Hall–Kier alpha value is -2.75. The first kappa shape index (κ1) is 13.2. The fourth-order valence-electron chi connectivity index (χ4n) is 2.27. The lowest BCUT2D eigenvalue weighted by Crippen LogP contribution is -2.02. The van der Waals surface area contributed by atoms with Gasteiger partial charge in [-0.1, -0.05) is 18.2 Å². The molecule has 0 aliphatic rings. The van der Waals surface area contributed by atoms with E-state index in [4.69, 9.17) is 13.9 Å². The summed E-state index contributed by atoms with van der Waals surface area (Å²) in [6, 6.07) is 14.1. The summed E-state index contributed by atoms with van der Waals surface area (Å²) in [5.41, 5.74) is 1.15. The minimum Gasteiger partial charge on any atom is -0.497 e. The molecular weight excluding hydrogens is 268 g/mol. The van der Waals surface area contributed by atoms with Crippen LogP contribution in [0.25, 0.3) is 22.3 Å². The van der Waals surface area contributed by atoms with E-state index in [1.54, 1.807) is 25.3 Å². The standard InChI is InChI=1S/C17H14O4/c1-19-12-6-3-5-11(9-12)16-10-13(18)17-14(20-2)7-4-8-15(17)21-16/h3-10H,1-2H3. The molecule has 4 nitrogen and oxygen atoms in total. The highest BCUT2D eigenvalue weighted by atomic mass is 16.5. The van der Waals surface area contributed by atoms with E-state index in [0.717, 1.165) is 5.56 Å². The molecule has 1 aromatic heterocycles. The van der Waals surface area contributed by atoms with E-state index in [2.05, 4.69) is 0 Å². The van der Waals surface area contributed by atoms with Crippen LogP contribution in [0.4, 0.5) is 0 Å². The lowest BCUT2D eigenvalue weighted by atomic mass is 10.1. The van der Waals surface area contributed by atoms with Crippen LogP contribution < -0.4 is 14.9 Å². The smallest absolute Gasteiger partial charge is 0.197 e. The molecule has 0 saturated carbocycles. The van der Waals surface area contributed by atoms with Gasteiger partial charge >= 0.3 is 0 Å². The van der Waals surface area contributed by atoms with Crippen LogP contribution in [0.2, 0.25) is 0 Å². The molecule has 0 aliphatic carbocycles. The molecule has 21 heavy (non-hydrogen) atoms. The number of ether oxygens (including phenoxy) is 2. The molecule has 1 heterocycles. The maximum atomic E-state index is 12.3. The van der Waals surface area contributed by atoms with Crippen LogP contribution in [-0.4, -0.2) is 14.2 Å². The van der Waals surface area contributed by atoms with Crippen molar-refractivity contribution in [3.05, 3.63) is 58.8 Å². The maximum Gasteiger partial charge on any atom is 0.197 e. The summed E-state index contributed by atoms with van der Waals surface area (Å²) < 4.78 is 16.2. The first-order valence-corrected chi connectivity index (χ1v) is 6.48. The van der Waals surface area contributed by atoms with Gasteiger partial charge in [0.1, 0.15) is 28.2 Å². The highest BCUT2D eigenvalue weighted by Gasteiger charge is 2.11. The van der Waals surface area contributed by atoms with Crippen molar-refractivity contribution in [3.8, 4) is 22.8 Å². The molecule has 3 rings (SSSR count). The summed E-state index contributed by atoms with van der Waals surface area (Å²) in [5.74, 6) is 1.72. The van der Waals surface area contributed by atoms with Gasteiger partial charge in [-0.05, 0) is 24.3 Å². The summed E-state index contributed by atoms with van der Waals surface area (Å²) in [4.78, 5) is 12.3. The van der Waals surface area contributed by atoms with Crippen LogP contribution in [0.5, 0.6) is 11.5 Å². The van der Waals surface area contributed by atoms with E-state index < -0.39 is 0 Å². The Bertz CT molecular complexity index is 849. The Balaban J connectivity index is 2.23. The molecule has 0 N–H and O–H groups in total. The predicted molar refractivity (Wildman–Crippen MR) is 81.0 cm³/mol. The SMILES string of the molecule is COc1cccc(-c2cc(=O)c3c(OC)cccc3o2)c1. The lowest BCUT2D eigenvalue weighted by molar-refractivity contribution is 0.414. The minimum absolute atomic E-state index is 0.133. The topological polar surface area (TPSA) is 48.7 Å². The molecular formula is C17H14O4. The van der Waals surface area contributed by atoms with E-state index in [0.29, 0.717) is 28.2 Å². The van der Waals surface area contributed by atoms with Gasteiger partial charge in [0.15, 0.2) is 5.43 Å². The maximum absolute atomic E-state index is 12.3. The van der Waals surface area contributed by atoms with Crippen molar-refractivity contribution in [2.45, 2.75) is 0 Å². The van der Waals surface area contributed by atoms with Gasteiger partial charge in [0, 0.05) is 11.6 Å². The minimum atomic E-state index is -0.133. The van der Waals surface area contributed by atoms with Crippen molar-refractivity contribution in [1.29, 1.82) is 0 Å². The van der Waals surface area contributed by atoms with Crippen molar-refractivity contribution >= 4 is 11.0 Å². The monoisotopic (exact) mass is 282 g/mol. The lowest BCUT2D eigenvalue weighted by Gasteiger charge is -2.07. The molecule has 106 valence electrons. The highest BCUT2D eigenvalue weighted by molar-refractivity contribution is 5.84. The largest absolute Gasteiger partial charge is 0.497 e. The van der Waals surface area contributed by atoms with Crippen LogP contribution in [0.15, 0.2) is 57.7 Å². The van der Waals surface area contributed by atoms with Crippen LogP contribution in [0.1, 0.15) is 0 Å². The summed E-state index contributed by atoms with van der Waals surface area (Å²) in [6.45, 7) is 0. The van der Waals surface area contributed by atoms with E-state index in [-0.39, 0.29) is 5.43 Å². The quantitative estimate of drug-likeness (QED) is 0.738. The van der Waals surface area contributed by atoms with Crippen LogP contribution in [0.3, 0.4) is 0 Å². The fourth-order valence-corrected chi connectivity index (χ4v) is 2.27. The third-order valence-corrected chi connectivity index (χ3v) is 3.29. The molecule has 0 spiro atoms. The van der Waals surface area contributed by atoms with Gasteiger partial charge in [0.25, 0.3) is 0 Å². The zero-order valence-corrected chi connectivity index (χ0v) is 11.8. The highest BCUT2D eigenvalue weighted by Crippen LogP contribution is 2.28. The molecule has 0 saturated heterocycles. The van der Waals surface area contributed by atoms with E-state index in [9.17, 15) is 4.79 Å². The van der Waals surface area contributed by atoms with Crippen molar-refractivity contribution in [2.75, 3.05) is 14.2 Å². The average molecular weight is 282 g/mol. The third-order valence-electron chi connectivity index (χ3n) is 3.29. The number of hydrogen-bond donors (Lipinski definition) is 0. The summed E-state index contributed by atoms with van der Waals surface area (Å²) >= 11 is 0. The van der Waals surface area contributed by atoms with E-state index in [1.165, 1.54) is 13.2 Å². The second-order valence-corrected chi connectivity index (χ2v) is 4.54.